The molecule has 74 valence electrons. The molecule has 0 radical (unpaired) electrons. The zero-order valence-corrected chi connectivity index (χ0v) is 7.75. The van der Waals surface area contributed by atoms with Gasteiger partial charge in [0.15, 0.2) is 5.65 Å². The standard InChI is InChI=1S/C9H8N6/c10-6-5-12-13-9(6)7-4-8-11-2-1-3-15(8)14-7/h1-5H,10H2,(H,12,13). The highest BCUT2D eigenvalue weighted by Crippen LogP contribution is 2.21. The van der Waals surface area contributed by atoms with E-state index in [9.17, 15) is 0 Å². The fourth-order valence-corrected chi connectivity index (χ4v) is 1.45. The number of hydrogen-bond acceptors (Lipinski definition) is 4. The molecule has 0 fully saturated rings. The average Bonchev–Trinajstić information content (AvgIpc) is 2.82. The zero-order valence-electron chi connectivity index (χ0n) is 7.75. The van der Waals surface area contributed by atoms with Crippen LogP contribution in [-0.2, 0) is 0 Å². The van der Waals surface area contributed by atoms with Crippen molar-refractivity contribution in [1.29, 1.82) is 0 Å². The highest BCUT2D eigenvalue weighted by molar-refractivity contribution is 5.71. The summed E-state index contributed by atoms with van der Waals surface area (Å²) in [5.41, 5.74) is 8.55. The number of anilines is 1. The number of nitrogens with two attached hydrogens (primary N) is 1. The third kappa shape index (κ3) is 1.15. The molecule has 0 unspecified atom stereocenters. The van der Waals surface area contributed by atoms with Gasteiger partial charge in [-0.2, -0.15) is 10.2 Å². The molecule has 0 aliphatic rings. The van der Waals surface area contributed by atoms with Gasteiger partial charge in [-0.3, -0.25) is 5.10 Å². The lowest BCUT2D eigenvalue weighted by Gasteiger charge is -1.90. The van der Waals surface area contributed by atoms with Gasteiger partial charge >= 0.3 is 0 Å². The molecule has 0 aliphatic carbocycles. The van der Waals surface area contributed by atoms with Crippen LogP contribution >= 0.6 is 0 Å². The normalized spacial score (nSPS) is 10.9. The van der Waals surface area contributed by atoms with Crippen LogP contribution in [0.1, 0.15) is 0 Å². The summed E-state index contributed by atoms with van der Waals surface area (Å²) in [7, 11) is 0. The predicted molar refractivity (Wildman–Crippen MR) is 55.0 cm³/mol. The maximum atomic E-state index is 5.73. The molecule has 0 bridgehead atoms. The summed E-state index contributed by atoms with van der Waals surface area (Å²) in [4.78, 5) is 4.17. The minimum Gasteiger partial charge on any atom is -0.396 e. The zero-order chi connectivity index (χ0) is 10.3. The molecule has 6 heteroatoms. The molecule has 3 heterocycles. The molecular formula is C9H8N6. The van der Waals surface area contributed by atoms with Crippen molar-refractivity contribution in [1.82, 2.24) is 24.8 Å². The lowest BCUT2D eigenvalue weighted by molar-refractivity contribution is 0.938. The van der Waals surface area contributed by atoms with E-state index >= 15 is 0 Å². The van der Waals surface area contributed by atoms with Crippen molar-refractivity contribution < 1.29 is 0 Å². The second-order valence-electron chi connectivity index (χ2n) is 3.15. The van der Waals surface area contributed by atoms with E-state index in [0.29, 0.717) is 5.69 Å². The first-order valence-electron chi connectivity index (χ1n) is 4.44. The summed E-state index contributed by atoms with van der Waals surface area (Å²) in [5, 5.41) is 11.0. The Kier molecular flexibility index (Phi) is 1.49. The van der Waals surface area contributed by atoms with Crippen molar-refractivity contribution in [2.45, 2.75) is 0 Å². The number of nitrogens with zero attached hydrogens (tertiary/aromatic N) is 4. The SMILES string of the molecule is Nc1cn[nH]c1-c1cc2ncccn2n1. The Labute approximate surface area is 84.8 Å². The van der Waals surface area contributed by atoms with Crippen LogP contribution in [0.2, 0.25) is 0 Å². The Hall–Kier alpha value is -2.37. The Balaban J connectivity index is 2.24. The first kappa shape index (κ1) is 7.98. The lowest BCUT2D eigenvalue weighted by atomic mass is 10.3. The molecule has 0 atom stereocenters. The molecule has 6 nitrogen and oxygen atoms in total. The van der Waals surface area contributed by atoms with E-state index in [4.69, 9.17) is 5.73 Å². The summed E-state index contributed by atoms with van der Waals surface area (Å²) in [5.74, 6) is 0. The third-order valence-electron chi connectivity index (χ3n) is 2.16. The first-order chi connectivity index (χ1) is 7.34. The number of nitrogen functional groups attached to an aromatic ring is 1. The van der Waals surface area contributed by atoms with Crippen molar-refractivity contribution >= 4 is 11.3 Å². The summed E-state index contributed by atoms with van der Waals surface area (Å²) in [6.07, 6.45) is 5.11. The molecule has 0 amide bonds. The summed E-state index contributed by atoms with van der Waals surface area (Å²) in [6.45, 7) is 0. The third-order valence-corrected chi connectivity index (χ3v) is 2.16. The van der Waals surface area contributed by atoms with E-state index in [1.807, 2.05) is 18.3 Å². The van der Waals surface area contributed by atoms with E-state index in [1.165, 1.54) is 0 Å². The second kappa shape index (κ2) is 2.81. The van der Waals surface area contributed by atoms with E-state index < -0.39 is 0 Å². The van der Waals surface area contributed by atoms with Crippen LogP contribution in [-0.4, -0.2) is 24.8 Å². The average molecular weight is 200 g/mol. The van der Waals surface area contributed by atoms with Crippen LogP contribution in [0.3, 0.4) is 0 Å². The number of fused-ring (bicyclic) bond motifs is 1. The number of aromatic amines is 1. The van der Waals surface area contributed by atoms with Crippen LogP contribution in [0.15, 0.2) is 30.7 Å². The summed E-state index contributed by atoms with van der Waals surface area (Å²) >= 11 is 0. The highest BCUT2D eigenvalue weighted by atomic mass is 15.3. The fourth-order valence-electron chi connectivity index (χ4n) is 1.45. The smallest absolute Gasteiger partial charge is 0.155 e. The molecule has 0 aromatic carbocycles. The van der Waals surface area contributed by atoms with E-state index in [1.54, 1.807) is 16.9 Å². The fraction of sp³-hybridized carbons (Fsp3) is 0. The number of hydrogen-bond donors (Lipinski definition) is 2. The molecule has 15 heavy (non-hydrogen) atoms. The molecule has 0 spiro atoms. The quantitative estimate of drug-likeness (QED) is 0.605. The van der Waals surface area contributed by atoms with Gasteiger partial charge in [0.05, 0.1) is 11.9 Å². The van der Waals surface area contributed by atoms with Crippen LogP contribution in [0.25, 0.3) is 17.0 Å². The maximum Gasteiger partial charge on any atom is 0.155 e. The van der Waals surface area contributed by atoms with Crippen molar-refractivity contribution in [3.8, 4) is 11.4 Å². The Morgan fingerprint density at radius 3 is 3.07 bits per heavy atom. The Morgan fingerprint density at radius 2 is 2.33 bits per heavy atom. The van der Waals surface area contributed by atoms with Crippen LogP contribution in [0.5, 0.6) is 0 Å². The largest absolute Gasteiger partial charge is 0.396 e. The minimum absolute atomic E-state index is 0.582. The number of aromatic nitrogens is 5. The van der Waals surface area contributed by atoms with Crippen LogP contribution in [0, 0.1) is 0 Å². The monoisotopic (exact) mass is 200 g/mol. The van der Waals surface area contributed by atoms with Gasteiger partial charge < -0.3 is 5.73 Å². The van der Waals surface area contributed by atoms with Crippen molar-refractivity contribution in [3.05, 3.63) is 30.7 Å². The van der Waals surface area contributed by atoms with Gasteiger partial charge in [0.25, 0.3) is 0 Å². The number of nitrogens with one attached hydrogen (secondary N) is 1. The van der Waals surface area contributed by atoms with E-state index in [0.717, 1.165) is 17.0 Å². The minimum atomic E-state index is 0.582. The summed E-state index contributed by atoms with van der Waals surface area (Å²) < 4.78 is 1.69. The van der Waals surface area contributed by atoms with Crippen LogP contribution in [0.4, 0.5) is 5.69 Å². The first-order valence-corrected chi connectivity index (χ1v) is 4.44. The van der Waals surface area contributed by atoms with Gasteiger partial charge in [-0.1, -0.05) is 0 Å². The van der Waals surface area contributed by atoms with Gasteiger partial charge in [0.1, 0.15) is 11.4 Å². The lowest BCUT2D eigenvalue weighted by Crippen LogP contribution is -1.89. The van der Waals surface area contributed by atoms with E-state index in [-0.39, 0.29) is 0 Å². The molecule has 3 aromatic heterocycles. The molecule has 3 N–H and O–H groups in total. The maximum absolute atomic E-state index is 5.73. The van der Waals surface area contributed by atoms with E-state index in [2.05, 4.69) is 20.3 Å². The van der Waals surface area contributed by atoms with Gasteiger partial charge in [0, 0.05) is 18.5 Å². The van der Waals surface area contributed by atoms with Crippen molar-refractivity contribution in [3.63, 3.8) is 0 Å². The molecule has 0 saturated heterocycles. The van der Waals surface area contributed by atoms with Gasteiger partial charge in [-0.25, -0.2) is 9.50 Å². The molecule has 0 aliphatic heterocycles. The predicted octanol–water partition coefficient (Wildman–Crippen LogP) is 0.702. The molecule has 0 saturated carbocycles. The number of H-pyrrole nitrogens is 1. The number of rotatable bonds is 1. The Morgan fingerprint density at radius 1 is 1.40 bits per heavy atom. The van der Waals surface area contributed by atoms with Crippen molar-refractivity contribution in [2.75, 3.05) is 5.73 Å². The van der Waals surface area contributed by atoms with Gasteiger partial charge in [0.2, 0.25) is 0 Å². The molecule has 3 rings (SSSR count). The van der Waals surface area contributed by atoms with Crippen LogP contribution < -0.4 is 5.73 Å². The highest BCUT2D eigenvalue weighted by Gasteiger charge is 2.09. The summed E-state index contributed by atoms with van der Waals surface area (Å²) in [6, 6.07) is 3.67. The molecular weight excluding hydrogens is 192 g/mol. The topological polar surface area (TPSA) is 84.9 Å². The Bertz CT molecular complexity index is 575. The second-order valence-corrected chi connectivity index (χ2v) is 3.15. The molecule has 3 aromatic rings. The van der Waals surface area contributed by atoms with Crippen molar-refractivity contribution in [2.24, 2.45) is 0 Å². The van der Waals surface area contributed by atoms with Gasteiger partial charge in [-0.15, -0.1) is 0 Å². The van der Waals surface area contributed by atoms with Gasteiger partial charge in [-0.05, 0) is 6.07 Å².